The lowest BCUT2D eigenvalue weighted by molar-refractivity contribution is 0.0693. The van der Waals surface area contributed by atoms with Gasteiger partial charge in [0.25, 0.3) is 5.91 Å². The van der Waals surface area contributed by atoms with E-state index >= 15 is 0 Å². The Morgan fingerprint density at radius 2 is 2.07 bits per heavy atom. The van der Waals surface area contributed by atoms with E-state index in [0.29, 0.717) is 15.8 Å². The van der Waals surface area contributed by atoms with E-state index < -0.39 is 11.4 Å². The summed E-state index contributed by atoms with van der Waals surface area (Å²) >= 11 is 1.43. The average Bonchev–Trinajstić information content (AvgIpc) is 2.98. The third-order valence-electron chi connectivity index (χ3n) is 3.96. The van der Waals surface area contributed by atoms with Crippen LogP contribution in [0.15, 0.2) is 24.5 Å². The van der Waals surface area contributed by atoms with Crippen molar-refractivity contribution in [3.8, 4) is 0 Å². The molecule has 0 aromatic carbocycles. The maximum absolute atomic E-state index is 13.4. The van der Waals surface area contributed by atoms with Crippen LogP contribution in [0, 0.1) is 12.7 Å². The lowest BCUT2D eigenvalue weighted by Gasteiger charge is -2.18. The van der Waals surface area contributed by atoms with Gasteiger partial charge in [0.05, 0.1) is 28.1 Å². The van der Waals surface area contributed by atoms with Gasteiger partial charge in [-0.15, -0.1) is 11.3 Å². The van der Waals surface area contributed by atoms with E-state index in [0.717, 1.165) is 11.1 Å². The van der Waals surface area contributed by atoms with Gasteiger partial charge in [-0.25, -0.2) is 14.4 Å². The molecule has 3 aromatic heterocycles. The number of halogens is 1. The largest absolute Gasteiger partial charge is 0.389 e. The molecule has 0 saturated carbocycles. The molecule has 0 aliphatic carbocycles. The number of thiophene rings is 1. The quantitative estimate of drug-likeness (QED) is 0.584. The molecule has 0 saturated heterocycles. The van der Waals surface area contributed by atoms with Crippen molar-refractivity contribution in [1.29, 1.82) is 0 Å². The molecular formula is C19H22FN5O2S. The van der Waals surface area contributed by atoms with Crippen LogP contribution in [0.3, 0.4) is 0 Å². The first kappa shape index (κ1) is 20.1. The Hall–Kier alpha value is -2.65. The van der Waals surface area contributed by atoms with Crippen LogP contribution < -0.4 is 10.6 Å². The number of nitrogens with zero attached hydrogens (tertiary/aromatic N) is 3. The van der Waals surface area contributed by atoms with Gasteiger partial charge in [-0.3, -0.25) is 9.78 Å². The van der Waals surface area contributed by atoms with Crippen molar-refractivity contribution in [2.24, 2.45) is 0 Å². The number of hydrogen-bond acceptors (Lipinski definition) is 7. The highest BCUT2D eigenvalue weighted by Crippen LogP contribution is 2.28. The first-order valence-electron chi connectivity index (χ1n) is 8.78. The minimum absolute atomic E-state index is 0.0931. The number of pyridine rings is 1. The molecule has 3 aromatic rings. The summed E-state index contributed by atoms with van der Waals surface area (Å²) in [7, 11) is 0. The summed E-state index contributed by atoms with van der Waals surface area (Å²) in [6.07, 6.45) is 2.70. The van der Waals surface area contributed by atoms with Crippen LogP contribution in [0.1, 0.15) is 47.7 Å². The van der Waals surface area contributed by atoms with Crippen LogP contribution in [0.4, 0.5) is 10.3 Å². The van der Waals surface area contributed by atoms with E-state index in [9.17, 15) is 14.3 Å². The second-order valence-corrected chi connectivity index (χ2v) is 8.52. The number of amides is 1. The fourth-order valence-corrected chi connectivity index (χ4v) is 3.53. The summed E-state index contributed by atoms with van der Waals surface area (Å²) in [4.78, 5) is 26.4. The summed E-state index contributed by atoms with van der Waals surface area (Å²) in [5.41, 5.74) is 0.489. The minimum Gasteiger partial charge on any atom is -0.389 e. The molecule has 0 fully saturated rings. The summed E-state index contributed by atoms with van der Waals surface area (Å²) in [5, 5.41) is 15.7. The summed E-state index contributed by atoms with van der Waals surface area (Å²) in [6, 6.07) is 2.95. The lowest BCUT2D eigenvalue weighted by atomic mass is 10.1. The monoisotopic (exact) mass is 403 g/mol. The van der Waals surface area contributed by atoms with Gasteiger partial charge in [0.15, 0.2) is 5.69 Å². The van der Waals surface area contributed by atoms with E-state index in [-0.39, 0.29) is 30.1 Å². The Kier molecular flexibility index (Phi) is 5.57. The summed E-state index contributed by atoms with van der Waals surface area (Å²) in [5.74, 6) is -0.558. The number of carbonyl (C=O) groups is 1. The molecule has 0 spiro atoms. The molecule has 3 N–H and O–H groups in total. The number of carbonyl (C=O) groups excluding carboxylic acids is 1. The predicted molar refractivity (Wildman–Crippen MR) is 107 cm³/mol. The van der Waals surface area contributed by atoms with E-state index in [1.165, 1.54) is 17.4 Å². The Morgan fingerprint density at radius 3 is 2.75 bits per heavy atom. The van der Waals surface area contributed by atoms with E-state index in [2.05, 4.69) is 25.6 Å². The number of hydrogen-bond donors (Lipinski definition) is 3. The van der Waals surface area contributed by atoms with Crippen molar-refractivity contribution in [3.05, 3.63) is 46.5 Å². The number of aromatic nitrogens is 3. The zero-order chi connectivity index (χ0) is 20.5. The smallest absolute Gasteiger partial charge is 0.271 e. The van der Waals surface area contributed by atoms with E-state index in [1.54, 1.807) is 20.0 Å². The maximum atomic E-state index is 13.4. The second-order valence-electron chi connectivity index (χ2n) is 7.26. The highest BCUT2D eigenvalue weighted by Gasteiger charge is 2.21. The second kappa shape index (κ2) is 7.76. The standard InChI is InChI=1S/C19H22FN5O2S/c1-10-5-14-16(28-10)15(17(26)22-9-19(3,4)27)25-18(24-14)23-11(2)12-6-13(20)8-21-7-12/h5-8,11,27H,9H2,1-4H3,(H,22,26)(H,23,24,25). The molecule has 3 rings (SSSR count). The molecule has 0 aliphatic heterocycles. The minimum atomic E-state index is -1.03. The Balaban J connectivity index is 1.92. The number of anilines is 1. The van der Waals surface area contributed by atoms with Crippen LogP contribution in [-0.4, -0.2) is 38.1 Å². The number of aryl methyl sites for hydroxylation is 1. The van der Waals surface area contributed by atoms with E-state index in [4.69, 9.17) is 0 Å². The molecule has 1 amide bonds. The van der Waals surface area contributed by atoms with Gasteiger partial charge in [-0.1, -0.05) is 0 Å². The summed E-state index contributed by atoms with van der Waals surface area (Å²) in [6.45, 7) is 7.07. The number of aliphatic hydroxyl groups is 1. The van der Waals surface area contributed by atoms with Crippen molar-refractivity contribution in [1.82, 2.24) is 20.3 Å². The molecule has 0 radical (unpaired) electrons. The lowest BCUT2D eigenvalue weighted by Crippen LogP contribution is -2.38. The average molecular weight is 403 g/mol. The van der Waals surface area contributed by atoms with Gasteiger partial charge in [-0.05, 0) is 45.4 Å². The van der Waals surface area contributed by atoms with Crippen LogP contribution in [0.2, 0.25) is 0 Å². The third-order valence-corrected chi connectivity index (χ3v) is 5.01. The van der Waals surface area contributed by atoms with Gasteiger partial charge < -0.3 is 15.7 Å². The van der Waals surface area contributed by atoms with Gasteiger partial charge >= 0.3 is 0 Å². The Morgan fingerprint density at radius 1 is 1.32 bits per heavy atom. The Bertz CT molecular complexity index is 1020. The molecule has 9 heteroatoms. The Labute approximate surface area is 166 Å². The molecule has 1 atom stereocenters. The molecule has 0 aliphatic rings. The van der Waals surface area contributed by atoms with Gasteiger partial charge in [0, 0.05) is 17.6 Å². The maximum Gasteiger partial charge on any atom is 0.271 e. The van der Waals surface area contributed by atoms with Crippen LogP contribution in [-0.2, 0) is 0 Å². The highest BCUT2D eigenvalue weighted by molar-refractivity contribution is 7.19. The van der Waals surface area contributed by atoms with Crippen molar-refractivity contribution < 1.29 is 14.3 Å². The number of rotatable bonds is 6. The van der Waals surface area contributed by atoms with Crippen molar-refractivity contribution >= 4 is 33.4 Å². The fraction of sp³-hybridized carbons (Fsp3) is 0.368. The van der Waals surface area contributed by atoms with Crippen LogP contribution in [0.5, 0.6) is 0 Å². The van der Waals surface area contributed by atoms with Crippen LogP contribution >= 0.6 is 11.3 Å². The van der Waals surface area contributed by atoms with E-state index in [1.807, 2.05) is 19.9 Å². The number of fused-ring (bicyclic) bond motifs is 1. The third kappa shape index (κ3) is 4.79. The molecule has 148 valence electrons. The molecule has 28 heavy (non-hydrogen) atoms. The zero-order valence-corrected chi connectivity index (χ0v) is 16.9. The zero-order valence-electron chi connectivity index (χ0n) is 16.1. The fourth-order valence-electron chi connectivity index (χ4n) is 2.59. The van der Waals surface area contributed by atoms with Gasteiger partial charge in [0.1, 0.15) is 5.82 Å². The van der Waals surface area contributed by atoms with Crippen molar-refractivity contribution in [2.75, 3.05) is 11.9 Å². The molecular weight excluding hydrogens is 381 g/mol. The van der Waals surface area contributed by atoms with Crippen molar-refractivity contribution in [2.45, 2.75) is 39.3 Å². The van der Waals surface area contributed by atoms with Crippen molar-refractivity contribution in [3.63, 3.8) is 0 Å². The number of nitrogens with one attached hydrogen (secondary N) is 2. The first-order valence-corrected chi connectivity index (χ1v) is 9.60. The van der Waals surface area contributed by atoms with Gasteiger partial charge in [0.2, 0.25) is 5.95 Å². The van der Waals surface area contributed by atoms with Crippen LogP contribution in [0.25, 0.3) is 10.2 Å². The molecule has 0 bridgehead atoms. The molecule has 3 heterocycles. The molecule has 7 nitrogen and oxygen atoms in total. The molecule has 1 unspecified atom stereocenters. The highest BCUT2D eigenvalue weighted by atomic mass is 32.1. The van der Waals surface area contributed by atoms with Gasteiger partial charge in [-0.2, -0.15) is 0 Å². The summed E-state index contributed by atoms with van der Waals surface area (Å²) < 4.78 is 14.1. The topological polar surface area (TPSA) is 100 Å². The SMILES string of the molecule is Cc1cc2nc(NC(C)c3cncc(F)c3)nc(C(=O)NCC(C)(C)O)c2s1. The normalized spacial score (nSPS) is 12.8. The first-order chi connectivity index (χ1) is 13.1. The predicted octanol–water partition coefficient (Wildman–Crippen LogP) is 3.21.